The summed E-state index contributed by atoms with van der Waals surface area (Å²) in [6.07, 6.45) is 1.80. The molecule has 2 rings (SSSR count). The highest BCUT2D eigenvalue weighted by atomic mass is 19.1. The van der Waals surface area contributed by atoms with E-state index in [9.17, 15) is 13.6 Å². The van der Waals surface area contributed by atoms with Crippen molar-refractivity contribution in [1.82, 2.24) is 10.2 Å². The molecule has 3 nitrogen and oxygen atoms in total. The van der Waals surface area contributed by atoms with E-state index in [-0.39, 0.29) is 5.56 Å². The number of piperidine rings is 1. The van der Waals surface area contributed by atoms with Gasteiger partial charge in [-0.3, -0.25) is 4.79 Å². The molecule has 1 fully saturated rings. The quantitative estimate of drug-likeness (QED) is 0.920. The highest BCUT2D eigenvalue weighted by Gasteiger charge is 2.25. The smallest absolute Gasteiger partial charge is 0.256 e. The van der Waals surface area contributed by atoms with E-state index in [1.807, 2.05) is 0 Å². The molecule has 0 bridgehead atoms. The minimum atomic E-state index is -0.661. The Labute approximate surface area is 118 Å². The minimum Gasteiger partial charge on any atom is -0.339 e. The normalized spacial score (nSPS) is 16.4. The molecule has 1 aromatic carbocycles. The van der Waals surface area contributed by atoms with Crippen LogP contribution in [0.2, 0.25) is 0 Å². The van der Waals surface area contributed by atoms with Crippen molar-refractivity contribution >= 4 is 5.91 Å². The first-order chi connectivity index (χ1) is 9.61. The van der Waals surface area contributed by atoms with Crippen LogP contribution in [0.25, 0.3) is 0 Å². The maximum absolute atomic E-state index is 13.6. The highest BCUT2D eigenvalue weighted by Crippen LogP contribution is 2.20. The molecule has 1 aromatic rings. The number of carbonyl (C=O) groups excluding carboxylic acids is 1. The summed E-state index contributed by atoms with van der Waals surface area (Å²) in [5, 5.41) is 3.30. The molecule has 1 amide bonds. The summed E-state index contributed by atoms with van der Waals surface area (Å²) in [4.78, 5) is 13.8. The first kappa shape index (κ1) is 14.9. The molecule has 0 aliphatic carbocycles. The molecule has 1 aliphatic heterocycles. The fourth-order valence-corrected chi connectivity index (χ4v) is 2.52. The molecule has 0 radical (unpaired) electrons. The number of hydrogen-bond acceptors (Lipinski definition) is 2. The lowest BCUT2D eigenvalue weighted by atomic mass is 9.96. The van der Waals surface area contributed by atoms with E-state index >= 15 is 0 Å². The second-order valence-corrected chi connectivity index (χ2v) is 5.17. The number of nitrogens with zero attached hydrogens (tertiary/aromatic N) is 1. The Kier molecular flexibility index (Phi) is 5.06. The van der Waals surface area contributed by atoms with E-state index in [0.717, 1.165) is 44.1 Å². The van der Waals surface area contributed by atoms with Gasteiger partial charge in [0.05, 0.1) is 5.56 Å². The van der Waals surface area contributed by atoms with Gasteiger partial charge in [0.2, 0.25) is 0 Å². The third-order valence-electron chi connectivity index (χ3n) is 3.74. The number of halogens is 2. The monoisotopic (exact) mass is 282 g/mol. The van der Waals surface area contributed by atoms with Crippen LogP contribution in [0.4, 0.5) is 8.78 Å². The van der Waals surface area contributed by atoms with Crippen LogP contribution in [0.15, 0.2) is 18.2 Å². The van der Waals surface area contributed by atoms with Crippen molar-refractivity contribution in [3.63, 3.8) is 0 Å². The van der Waals surface area contributed by atoms with Crippen LogP contribution < -0.4 is 5.32 Å². The topological polar surface area (TPSA) is 32.3 Å². The van der Waals surface area contributed by atoms with Gasteiger partial charge in [0.1, 0.15) is 11.6 Å². The Bertz CT molecular complexity index is 471. The van der Waals surface area contributed by atoms with Crippen molar-refractivity contribution in [1.29, 1.82) is 0 Å². The predicted molar refractivity (Wildman–Crippen MR) is 73.5 cm³/mol. The lowest BCUT2D eigenvalue weighted by Crippen LogP contribution is -2.41. The molecular formula is C15H20F2N2O. The number of amides is 1. The fraction of sp³-hybridized carbons (Fsp3) is 0.533. The molecule has 5 heteroatoms. The molecule has 0 atom stereocenters. The predicted octanol–water partition coefficient (Wildman–Crippen LogP) is 2.43. The van der Waals surface area contributed by atoms with E-state index in [0.29, 0.717) is 19.0 Å². The Morgan fingerprint density at radius 2 is 2.05 bits per heavy atom. The second-order valence-electron chi connectivity index (χ2n) is 5.17. The van der Waals surface area contributed by atoms with E-state index in [2.05, 4.69) is 12.2 Å². The van der Waals surface area contributed by atoms with Gasteiger partial charge in [0, 0.05) is 13.1 Å². The van der Waals surface area contributed by atoms with Gasteiger partial charge in [-0.05, 0) is 50.0 Å². The van der Waals surface area contributed by atoms with Crippen molar-refractivity contribution in [2.45, 2.75) is 19.8 Å². The Hall–Kier alpha value is -1.49. The van der Waals surface area contributed by atoms with E-state index < -0.39 is 17.5 Å². The lowest BCUT2D eigenvalue weighted by molar-refractivity contribution is 0.0685. The Morgan fingerprint density at radius 3 is 2.70 bits per heavy atom. The van der Waals surface area contributed by atoms with Crippen molar-refractivity contribution in [2.24, 2.45) is 5.92 Å². The summed E-state index contributed by atoms with van der Waals surface area (Å²) in [6, 6.07) is 3.00. The first-order valence-electron chi connectivity index (χ1n) is 7.07. The van der Waals surface area contributed by atoms with Crippen LogP contribution >= 0.6 is 0 Å². The third-order valence-corrected chi connectivity index (χ3v) is 3.74. The molecule has 1 aliphatic rings. The molecule has 110 valence electrons. The first-order valence-corrected chi connectivity index (χ1v) is 7.07. The van der Waals surface area contributed by atoms with Gasteiger partial charge in [0.25, 0.3) is 5.91 Å². The van der Waals surface area contributed by atoms with Gasteiger partial charge < -0.3 is 10.2 Å². The van der Waals surface area contributed by atoms with Gasteiger partial charge >= 0.3 is 0 Å². The molecule has 1 heterocycles. The number of rotatable bonds is 4. The van der Waals surface area contributed by atoms with E-state index in [1.165, 1.54) is 0 Å². The molecular weight excluding hydrogens is 262 g/mol. The molecule has 20 heavy (non-hydrogen) atoms. The van der Waals surface area contributed by atoms with Crippen molar-refractivity contribution in [2.75, 3.05) is 26.2 Å². The summed E-state index contributed by atoms with van der Waals surface area (Å²) in [5.74, 6) is -1.11. The summed E-state index contributed by atoms with van der Waals surface area (Å²) in [5.41, 5.74) is -0.171. The number of hydrogen-bond donors (Lipinski definition) is 1. The standard InChI is InChI=1S/C15H20F2N2O/c1-2-18-10-11-5-7-19(8-6-11)15(20)13-9-12(16)3-4-14(13)17/h3-4,9,11,18H,2,5-8,10H2,1H3. The second kappa shape index (κ2) is 6.79. The maximum Gasteiger partial charge on any atom is 0.256 e. The molecule has 0 spiro atoms. The summed E-state index contributed by atoms with van der Waals surface area (Å²) in [7, 11) is 0. The molecule has 1 N–H and O–H groups in total. The van der Waals surface area contributed by atoms with Crippen LogP contribution in [-0.2, 0) is 0 Å². The van der Waals surface area contributed by atoms with Crippen molar-refractivity contribution in [3.05, 3.63) is 35.4 Å². The van der Waals surface area contributed by atoms with Crippen LogP contribution in [0.3, 0.4) is 0 Å². The number of nitrogens with one attached hydrogen (secondary N) is 1. The maximum atomic E-state index is 13.6. The Morgan fingerprint density at radius 1 is 1.35 bits per heavy atom. The Balaban J connectivity index is 1.96. The summed E-state index contributed by atoms with van der Waals surface area (Å²) >= 11 is 0. The minimum absolute atomic E-state index is 0.171. The van der Waals surface area contributed by atoms with Crippen LogP contribution in [0.1, 0.15) is 30.1 Å². The van der Waals surface area contributed by atoms with Gasteiger partial charge in [0.15, 0.2) is 0 Å². The van der Waals surface area contributed by atoms with Crippen LogP contribution in [0.5, 0.6) is 0 Å². The van der Waals surface area contributed by atoms with Crippen molar-refractivity contribution < 1.29 is 13.6 Å². The highest BCUT2D eigenvalue weighted by molar-refractivity contribution is 5.94. The molecule has 0 unspecified atom stereocenters. The largest absolute Gasteiger partial charge is 0.339 e. The van der Waals surface area contributed by atoms with Crippen LogP contribution in [0, 0.1) is 17.6 Å². The van der Waals surface area contributed by atoms with Gasteiger partial charge in [-0.1, -0.05) is 6.92 Å². The zero-order chi connectivity index (χ0) is 14.5. The third kappa shape index (κ3) is 3.54. The van der Waals surface area contributed by atoms with Gasteiger partial charge in [-0.15, -0.1) is 0 Å². The average Bonchev–Trinajstić information content (AvgIpc) is 2.47. The molecule has 0 saturated carbocycles. The SMILES string of the molecule is CCNCC1CCN(C(=O)c2cc(F)ccc2F)CC1. The number of likely N-dealkylation sites (tertiary alicyclic amines) is 1. The van der Waals surface area contributed by atoms with Gasteiger partial charge in [-0.2, -0.15) is 0 Å². The van der Waals surface area contributed by atoms with Crippen molar-refractivity contribution in [3.8, 4) is 0 Å². The number of benzene rings is 1. The summed E-state index contributed by atoms with van der Waals surface area (Å²) in [6.45, 7) is 5.15. The zero-order valence-electron chi connectivity index (χ0n) is 11.7. The van der Waals surface area contributed by atoms with Gasteiger partial charge in [-0.25, -0.2) is 8.78 Å². The zero-order valence-corrected chi connectivity index (χ0v) is 11.7. The summed E-state index contributed by atoms with van der Waals surface area (Å²) < 4.78 is 26.7. The lowest BCUT2D eigenvalue weighted by Gasteiger charge is -2.32. The average molecular weight is 282 g/mol. The van der Waals surface area contributed by atoms with E-state index in [4.69, 9.17) is 0 Å². The molecule has 1 saturated heterocycles. The van der Waals surface area contributed by atoms with E-state index in [1.54, 1.807) is 4.90 Å². The van der Waals surface area contributed by atoms with Crippen LogP contribution in [-0.4, -0.2) is 37.0 Å². The molecule has 0 aromatic heterocycles. The fourth-order valence-electron chi connectivity index (χ4n) is 2.52. The number of carbonyl (C=O) groups is 1.